The summed E-state index contributed by atoms with van der Waals surface area (Å²) >= 11 is 0. The normalized spacial score (nSPS) is 12.2. The highest BCUT2D eigenvalue weighted by molar-refractivity contribution is 5.96. The Labute approximate surface area is 165 Å². The third kappa shape index (κ3) is 7.40. The Bertz CT molecular complexity index is 870. The highest BCUT2D eigenvalue weighted by atomic mass is 19.4. The van der Waals surface area contributed by atoms with E-state index in [4.69, 9.17) is 4.74 Å². The molecule has 7 nitrogen and oxygen atoms in total. The van der Waals surface area contributed by atoms with Crippen LogP contribution in [0, 0.1) is 6.92 Å². The van der Waals surface area contributed by atoms with Crippen molar-refractivity contribution >= 4 is 17.6 Å². The zero-order valence-corrected chi connectivity index (χ0v) is 16.1. The number of alkyl halides is 3. The zero-order valence-electron chi connectivity index (χ0n) is 16.1. The van der Waals surface area contributed by atoms with Crippen LogP contribution < -0.4 is 15.4 Å². The molecule has 2 aromatic rings. The summed E-state index contributed by atoms with van der Waals surface area (Å²) in [5.74, 6) is -0.329. The molecule has 156 valence electrons. The summed E-state index contributed by atoms with van der Waals surface area (Å²) < 4.78 is 41.4. The molecule has 0 bridgehead atoms. The minimum Gasteiger partial charge on any atom is -0.477 e. The summed E-state index contributed by atoms with van der Waals surface area (Å²) in [5, 5.41) is 5.33. The SMILES string of the molecule is CC(=O)Nc1cc(C(=O)NC(C)c2ccc(OCCC(F)(F)F)nc2)cc(C)n1. The zero-order chi connectivity index (χ0) is 21.6. The molecule has 0 saturated carbocycles. The Morgan fingerprint density at radius 3 is 2.55 bits per heavy atom. The molecule has 0 fully saturated rings. The van der Waals surface area contributed by atoms with Crippen molar-refractivity contribution in [2.24, 2.45) is 0 Å². The van der Waals surface area contributed by atoms with Crippen LogP contribution >= 0.6 is 0 Å². The van der Waals surface area contributed by atoms with E-state index >= 15 is 0 Å². The third-order valence-electron chi connectivity index (χ3n) is 3.76. The van der Waals surface area contributed by atoms with E-state index in [1.165, 1.54) is 25.3 Å². The Morgan fingerprint density at radius 2 is 1.97 bits per heavy atom. The number of carbonyl (C=O) groups is 2. The first-order chi connectivity index (χ1) is 13.5. The van der Waals surface area contributed by atoms with Gasteiger partial charge in [-0.15, -0.1) is 0 Å². The van der Waals surface area contributed by atoms with Gasteiger partial charge in [-0.3, -0.25) is 9.59 Å². The molecule has 0 aliphatic rings. The van der Waals surface area contributed by atoms with Crippen molar-refractivity contribution in [3.8, 4) is 5.88 Å². The molecule has 2 rings (SSSR count). The monoisotopic (exact) mass is 410 g/mol. The Hall–Kier alpha value is -3.17. The number of hydrogen-bond donors (Lipinski definition) is 2. The van der Waals surface area contributed by atoms with Gasteiger partial charge in [-0.25, -0.2) is 9.97 Å². The van der Waals surface area contributed by atoms with Crippen molar-refractivity contribution in [1.82, 2.24) is 15.3 Å². The molecule has 29 heavy (non-hydrogen) atoms. The molecule has 0 spiro atoms. The number of aryl methyl sites for hydroxylation is 1. The van der Waals surface area contributed by atoms with Crippen LogP contribution in [0.3, 0.4) is 0 Å². The number of pyridine rings is 2. The van der Waals surface area contributed by atoms with E-state index in [2.05, 4.69) is 20.6 Å². The predicted octanol–water partition coefficient (Wildman–Crippen LogP) is 3.57. The van der Waals surface area contributed by atoms with Crippen LogP contribution in [-0.4, -0.2) is 34.6 Å². The van der Waals surface area contributed by atoms with Gasteiger partial charge in [0.15, 0.2) is 0 Å². The van der Waals surface area contributed by atoms with Crippen molar-refractivity contribution in [2.75, 3.05) is 11.9 Å². The van der Waals surface area contributed by atoms with E-state index in [1.807, 2.05) is 0 Å². The number of rotatable bonds is 7. The molecule has 0 aliphatic carbocycles. The van der Waals surface area contributed by atoms with E-state index < -0.39 is 25.2 Å². The third-order valence-corrected chi connectivity index (χ3v) is 3.76. The first-order valence-electron chi connectivity index (χ1n) is 8.76. The van der Waals surface area contributed by atoms with Crippen molar-refractivity contribution in [1.29, 1.82) is 0 Å². The van der Waals surface area contributed by atoms with Crippen LogP contribution in [0.15, 0.2) is 30.5 Å². The number of nitrogens with zero attached hydrogens (tertiary/aromatic N) is 2. The van der Waals surface area contributed by atoms with Crippen LogP contribution in [0.25, 0.3) is 0 Å². The van der Waals surface area contributed by atoms with E-state index in [9.17, 15) is 22.8 Å². The fraction of sp³-hybridized carbons (Fsp3) is 0.368. The fourth-order valence-corrected chi connectivity index (χ4v) is 2.41. The van der Waals surface area contributed by atoms with Crippen LogP contribution in [0.2, 0.25) is 0 Å². The van der Waals surface area contributed by atoms with Crippen molar-refractivity contribution in [3.63, 3.8) is 0 Å². The van der Waals surface area contributed by atoms with Crippen molar-refractivity contribution in [2.45, 2.75) is 39.4 Å². The lowest BCUT2D eigenvalue weighted by Gasteiger charge is -2.15. The summed E-state index contributed by atoms with van der Waals surface area (Å²) in [6, 6.07) is 5.69. The molecule has 1 atom stereocenters. The smallest absolute Gasteiger partial charge is 0.392 e. The van der Waals surface area contributed by atoms with Gasteiger partial charge in [0.25, 0.3) is 5.91 Å². The predicted molar refractivity (Wildman–Crippen MR) is 99.6 cm³/mol. The average molecular weight is 410 g/mol. The van der Waals surface area contributed by atoms with Gasteiger partial charge in [-0.05, 0) is 31.5 Å². The molecule has 1 unspecified atom stereocenters. The maximum Gasteiger partial charge on any atom is 0.392 e. The molecule has 2 amide bonds. The maximum atomic E-state index is 12.5. The topological polar surface area (TPSA) is 93.2 Å². The molecule has 2 N–H and O–H groups in total. The van der Waals surface area contributed by atoms with Crippen molar-refractivity contribution < 1.29 is 27.5 Å². The number of ether oxygens (including phenoxy) is 1. The number of hydrogen-bond acceptors (Lipinski definition) is 5. The number of amides is 2. The molecule has 10 heteroatoms. The van der Waals surface area contributed by atoms with E-state index in [0.717, 1.165) is 0 Å². The number of aromatic nitrogens is 2. The molecular formula is C19H21F3N4O3. The van der Waals surface area contributed by atoms with Crippen LogP contribution in [-0.2, 0) is 4.79 Å². The molecule has 0 saturated heterocycles. The maximum absolute atomic E-state index is 12.5. The number of anilines is 1. The minimum atomic E-state index is -4.29. The lowest BCUT2D eigenvalue weighted by molar-refractivity contribution is -0.139. The van der Waals surface area contributed by atoms with Gasteiger partial charge in [0, 0.05) is 30.4 Å². The summed E-state index contributed by atoms with van der Waals surface area (Å²) in [6.45, 7) is 4.27. The quantitative estimate of drug-likeness (QED) is 0.728. The fourth-order valence-electron chi connectivity index (χ4n) is 2.41. The molecule has 0 aliphatic heterocycles. The summed E-state index contributed by atoms with van der Waals surface area (Å²) in [6.07, 6.45) is -3.92. The van der Waals surface area contributed by atoms with Gasteiger partial charge in [0.05, 0.1) is 19.1 Å². The van der Waals surface area contributed by atoms with Crippen LogP contribution in [0.1, 0.15) is 47.9 Å². The van der Waals surface area contributed by atoms with Gasteiger partial charge in [-0.2, -0.15) is 13.2 Å². The van der Waals surface area contributed by atoms with Gasteiger partial charge in [0.1, 0.15) is 5.82 Å². The second kappa shape index (κ2) is 9.35. The molecular weight excluding hydrogens is 389 g/mol. The van der Waals surface area contributed by atoms with Crippen LogP contribution in [0.4, 0.5) is 19.0 Å². The first-order valence-corrected chi connectivity index (χ1v) is 8.76. The Balaban J connectivity index is 1.99. The van der Waals surface area contributed by atoms with Crippen LogP contribution in [0.5, 0.6) is 5.88 Å². The standard InChI is InChI=1S/C19H21F3N4O3/c1-11-8-15(9-16(24-11)26-13(3)27)18(28)25-12(2)14-4-5-17(23-10-14)29-7-6-19(20,21)22/h4-5,8-10,12H,6-7H2,1-3H3,(H,25,28)(H,24,26,27). The average Bonchev–Trinajstić information content (AvgIpc) is 2.60. The minimum absolute atomic E-state index is 0.0706. The van der Waals surface area contributed by atoms with Gasteiger partial charge in [-0.1, -0.05) is 6.07 Å². The summed E-state index contributed by atoms with van der Waals surface area (Å²) in [5.41, 5.74) is 1.54. The van der Waals surface area contributed by atoms with E-state index in [-0.39, 0.29) is 23.5 Å². The van der Waals surface area contributed by atoms with Gasteiger partial charge in [0.2, 0.25) is 11.8 Å². The summed E-state index contributed by atoms with van der Waals surface area (Å²) in [4.78, 5) is 31.8. The second-order valence-corrected chi connectivity index (χ2v) is 6.40. The lowest BCUT2D eigenvalue weighted by atomic mass is 10.1. The number of nitrogens with one attached hydrogen (secondary N) is 2. The molecule has 2 aromatic heterocycles. The molecule has 0 radical (unpaired) electrons. The van der Waals surface area contributed by atoms with Crippen molar-refractivity contribution in [3.05, 3.63) is 47.3 Å². The molecule has 0 aromatic carbocycles. The Kier molecular flexibility index (Phi) is 7.13. The second-order valence-electron chi connectivity index (χ2n) is 6.40. The van der Waals surface area contributed by atoms with E-state index in [1.54, 1.807) is 26.0 Å². The largest absolute Gasteiger partial charge is 0.477 e. The highest BCUT2D eigenvalue weighted by Crippen LogP contribution is 2.21. The van der Waals surface area contributed by atoms with Gasteiger partial charge >= 0.3 is 6.18 Å². The highest BCUT2D eigenvalue weighted by Gasteiger charge is 2.26. The Morgan fingerprint density at radius 1 is 1.24 bits per heavy atom. The lowest BCUT2D eigenvalue weighted by Crippen LogP contribution is -2.27. The number of halogens is 3. The first kappa shape index (κ1) is 22.1. The molecule has 2 heterocycles. The summed E-state index contributed by atoms with van der Waals surface area (Å²) in [7, 11) is 0. The van der Waals surface area contributed by atoms with Gasteiger partial charge < -0.3 is 15.4 Å². The number of carbonyl (C=O) groups excluding carboxylic acids is 2. The van der Waals surface area contributed by atoms with E-state index in [0.29, 0.717) is 16.8 Å².